The lowest BCUT2D eigenvalue weighted by atomic mass is 10.0. The summed E-state index contributed by atoms with van der Waals surface area (Å²) in [7, 11) is 1.66. The van der Waals surface area contributed by atoms with Crippen LogP contribution >= 0.6 is 0 Å². The second-order valence-electron chi connectivity index (χ2n) is 5.25. The van der Waals surface area contributed by atoms with Crippen LogP contribution in [0.3, 0.4) is 0 Å². The smallest absolute Gasteiger partial charge is 0.161 e. The van der Waals surface area contributed by atoms with E-state index in [4.69, 9.17) is 15.5 Å². The van der Waals surface area contributed by atoms with Crippen LogP contribution in [0, 0.1) is 0 Å². The van der Waals surface area contributed by atoms with Gasteiger partial charge in [0.15, 0.2) is 5.82 Å². The molecule has 0 amide bonds. The fourth-order valence-electron chi connectivity index (χ4n) is 2.79. The summed E-state index contributed by atoms with van der Waals surface area (Å²) in [6.45, 7) is 0. The summed E-state index contributed by atoms with van der Waals surface area (Å²) in [5, 5.41) is 0. The van der Waals surface area contributed by atoms with Crippen LogP contribution in [0.2, 0.25) is 0 Å². The average Bonchev–Trinajstić information content (AvgIpc) is 3.01. The van der Waals surface area contributed by atoms with Crippen molar-refractivity contribution in [3.63, 3.8) is 0 Å². The van der Waals surface area contributed by atoms with Crippen LogP contribution < -0.4 is 10.5 Å². The highest BCUT2D eigenvalue weighted by molar-refractivity contribution is 5.58. The highest BCUT2D eigenvalue weighted by Crippen LogP contribution is 2.34. The molecule has 104 valence electrons. The number of nitrogen functional groups attached to an aromatic ring is 1. The average molecular weight is 269 g/mol. The maximum atomic E-state index is 5.94. The third kappa shape index (κ3) is 2.59. The Bertz CT molecular complexity index is 589. The molecule has 1 aliphatic carbocycles. The van der Waals surface area contributed by atoms with Crippen LogP contribution in [0.5, 0.6) is 5.75 Å². The standard InChI is InChI=1S/C16H19N3O/c1-20-13-8-6-12(7-9-13)16-18-14(10-15(17)19-16)11-4-2-3-5-11/h6-11H,2-5H2,1H3,(H2,17,18,19). The monoisotopic (exact) mass is 269 g/mol. The van der Waals surface area contributed by atoms with Gasteiger partial charge >= 0.3 is 0 Å². The first kappa shape index (κ1) is 12.9. The number of nitrogens with two attached hydrogens (primary N) is 1. The van der Waals surface area contributed by atoms with E-state index in [-0.39, 0.29) is 0 Å². The lowest BCUT2D eigenvalue weighted by Gasteiger charge is -2.11. The third-order valence-corrected chi connectivity index (χ3v) is 3.89. The van der Waals surface area contributed by atoms with Crippen LogP contribution in [-0.2, 0) is 0 Å². The summed E-state index contributed by atoms with van der Waals surface area (Å²) in [5.74, 6) is 2.62. The number of benzene rings is 1. The zero-order valence-corrected chi connectivity index (χ0v) is 11.7. The summed E-state index contributed by atoms with van der Waals surface area (Å²) >= 11 is 0. The van der Waals surface area contributed by atoms with Gasteiger partial charge in [-0.05, 0) is 37.1 Å². The quantitative estimate of drug-likeness (QED) is 0.927. The van der Waals surface area contributed by atoms with Gasteiger partial charge < -0.3 is 10.5 Å². The van der Waals surface area contributed by atoms with Gasteiger partial charge in [0.2, 0.25) is 0 Å². The van der Waals surface area contributed by atoms with Gasteiger partial charge in [0.1, 0.15) is 11.6 Å². The zero-order valence-electron chi connectivity index (χ0n) is 11.7. The Kier molecular flexibility index (Phi) is 3.54. The van der Waals surface area contributed by atoms with Crippen LogP contribution in [0.25, 0.3) is 11.4 Å². The minimum absolute atomic E-state index is 0.539. The number of anilines is 1. The van der Waals surface area contributed by atoms with Crippen molar-refractivity contribution in [2.75, 3.05) is 12.8 Å². The predicted octanol–water partition coefficient (Wildman–Crippen LogP) is 3.39. The van der Waals surface area contributed by atoms with E-state index in [0.29, 0.717) is 17.6 Å². The SMILES string of the molecule is COc1ccc(-c2nc(N)cc(C3CCCC3)n2)cc1. The van der Waals surface area contributed by atoms with Crippen LogP contribution in [0.4, 0.5) is 5.82 Å². The number of nitrogens with zero attached hydrogens (tertiary/aromatic N) is 2. The molecule has 20 heavy (non-hydrogen) atoms. The van der Waals surface area contributed by atoms with Crippen molar-refractivity contribution in [1.82, 2.24) is 9.97 Å². The molecule has 2 N–H and O–H groups in total. The molecule has 1 aliphatic rings. The van der Waals surface area contributed by atoms with Gasteiger partial charge in [-0.15, -0.1) is 0 Å². The molecule has 2 aromatic rings. The lowest BCUT2D eigenvalue weighted by Crippen LogP contribution is -2.03. The second-order valence-corrected chi connectivity index (χ2v) is 5.25. The maximum Gasteiger partial charge on any atom is 0.161 e. The molecule has 1 aromatic carbocycles. The fraction of sp³-hybridized carbons (Fsp3) is 0.375. The van der Waals surface area contributed by atoms with Crippen molar-refractivity contribution in [2.45, 2.75) is 31.6 Å². The summed E-state index contributed by atoms with van der Waals surface area (Å²) in [4.78, 5) is 9.07. The van der Waals surface area contributed by atoms with Crippen molar-refractivity contribution in [1.29, 1.82) is 0 Å². The highest BCUT2D eigenvalue weighted by atomic mass is 16.5. The summed E-state index contributed by atoms with van der Waals surface area (Å²) in [5.41, 5.74) is 8.00. The van der Waals surface area contributed by atoms with Gasteiger partial charge in [0.05, 0.1) is 7.11 Å². The van der Waals surface area contributed by atoms with Crippen LogP contribution in [0.1, 0.15) is 37.3 Å². The Morgan fingerprint density at radius 1 is 1.10 bits per heavy atom. The van der Waals surface area contributed by atoms with E-state index in [1.165, 1.54) is 25.7 Å². The molecule has 0 atom stereocenters. The molecule has 1 saturated carbocycles. The van der Waals surface area contributed by atoms with Gasteiger partial charge in [-0.1, -0.05) is 12.8 Å². The number of ether oxygens (including phenoxy) is 1. The summed E-state index contributed by atoms with van der Waals surface area (Å²) in [6, 6.07) is 9.68. The number of hydrogen-bond acceptors (Lipinski definition) is 4. The third-order valence-electron chi connectivity index (χ3n) is 3.89. The first-order valence-electron chi connectivity index (χ1n) is 7.05. The van der Waals surface area contributed by atoms with Crippen LogP contribution in [0.15, 0.2) is 30.3 Å². The Morgan fingerprint density at radius 2 is 1.80 bits per heavy atom. The van der Waals surface area contributed by atoms with E-state index in [0.717, 1.165) is 17.0 Å². The van der Waals surface area contributed by atoms with E-state index in [2.05, 4.69) is 4.98 Å². The Labute approximate surface area is 119 Å². The molecule has 0 unspecified atom stereocenters. The minimum Gasteiger partial charge on any atom is -0.497 e. The highest BCUT2D eigenvalue weighted by Gasteiger charge is 2.19. The topological polar surface area (TPSA) is 61.0 Å². The lowest BCUT2D eigenvalue weighted by molar-refractivity contribution is 0.415. The normalized spacial score (nSPS) is 15.4. The molecule has 1 aromatic heterocycles. The minimum atomic E-state index is 0.539. The molecule has 3 rings (SSSR count). The Hall–Kier alpha value is -2.10. The van der Waals surface area contributed by atoms with Gasteiger partial charge in [-0.3, -0.25) is 0 Å². The van der Waals surface area contributed by atoms with Crippen LogP contribution in [-0.4, -0.2) is 17.1 Å². The van der Waals surface area contributed by atoms with Gasteiger partial charge in [-0.2, -0.15) is 0 Å². The van der Waals surface area contributed by atoms with Gasteiger partial charge in [0.25, 0.3) is 0 Å². The van der Waals surface area contributed by atoms with Crippen molar-refractivity contribution < 1.29 is 4.74 Å². The molecule has 0 aliphatic heterocycles. The maximum absolute atomic E-state index is 5.94. The Balaban J connectivity index is 1.95. The molecule has 1 fully saturated rings. The largest absolute Gasteiger partial charge is 0.497 e. The van der Waals surface area contributed by atoms with Gasteiger partial charge in [0, 0.05) is 23.2 Å². The molecular weight excluding hydrogens is 250 g/mol. The molecule has 4 nitrogen and oxygen atoms in total. The van der Waals surface area contributed by atoms with Crippen molar-refractivity contribution in [2.24, 2.45) is 0 Å². The first-order valence-corrected chi connectivity index (χ1v) is 7.05. The second kappa shape index (κ2) is 5.49. The number of aromatic nitrogens is 2. The predicted molar refractivity (Wildman–Crippen MR) is 79.6 cm³/mol. The fourth-order valence-corrected chi connectivity index (χ4v) is 2.79. The summed E-state index contributed by atoms with van der Waals surface area (Å²) in [6.07, 6.45) is 4.98. The summed E-state index contributed by atoms with van der Waals surface area (Å²) < 4.78 is 5.17. The first-order chi connectivity index (χ1) is 9.76. The van der Waals surface area contributed by atoms with Crippen molar-refractivity contribution in [3.05, 3.63) is 36.0 Å². The number of methoxy groups -OCH3 is 1. The zero-order chi connectivity index (χ0) is 13.9. The van der Waals surface area contributed by atoms with E-state index in [1.807, 2.05) is 30.3 Å². The number of rotatable bonds is 3. The van der Waals surface area contributed by atoms with Crippen molar-refractivity contribution in [3.8, 4) is 17.1 Å². The van der Waals surface area contributed by atoms with E-state index in [9.17, 15) is 0 Å². The molecule has 4 heteroatoms. The number of hydrogen-bond donors (Lipinski definition) is 1. The molecule has 0 bridgehead atoms. The molecule has 0 saturated heterocycles. The molecule has 0 radical (unpaired) electrons. The van der Waals surface area contributed by atoms with E-state index in [1.54, 1.807) is 7.11 Å². The molecule has 1 heterocycles. The van der Waals surface area contributed by atoms with Crippen molar-refractivity contribution >= 4 is 5.82 Å². The van der Waals surface area contributed by atoms with Gasteiger partial charge in [-0.25, -0.2) is 9.97 Å². The Morgan fingerprint density at radius 3 is 2.45 bits per heavy atom. The van der Waals surface area contributed by atoms with E-state index < -0.39 is 0 Å². The molecular formula is C16H19N3O. The van der Waals surface area contributed by atoms with E-state index >= 15 is 0 Å². The molecule has 0 spiro atoms.